The summed E-state index contributed by atoms with van der Waals surface area (Å²) in [7, 11) is -4.60. The molecule has 0 fully saturated rings. The van der Waals surface area contributed by atoms with Crippen LogP contribution in [0, 0.1) is 0 Å². The van der Waals surface area contributed by atoms with Crippen molar-refractivity contribution in [2.75, 3.05) is 38.7 Å². The molecule has 1 unspecified atom stereocenters. The van der Waals surface area contributed by atoms with Crippen LogP contribution in [0.25, 0.3) is 11.1 Å². The second-order valence-electron chi connectivity index (χ2n) is 10.1. The standard InChI is InChI=1S/C20H23N2O7PS.C11H14O4S.2Fm/c23-19(21-9-10-29-30(25,26)27)18(12-31)22-20(24)28-11-17-15-7-3-1-5-13(15)14-6-2-4-8-16(14)17;12-6-8-1-2-10(16)9(5-8)3-4-15-7-11(13)14;;/h1-8,17-18,31H,9-12H2,(H,21,23)(H,22,24)(H2,25,26,27);1-2,5,12,16H,3-4,6-7H2,(H,13,14);;. The van der Waals surface area contributed by atoms with Crippen molar-refractivity contribution < 1.29 is 52.9 Å². The summed E-state index contributed by atoms with van der Waals surface area (Å²) in [4.78, 5) is 52.7. The molecule has 0 saturated carbocycles. The summed E-state index contributed by atoms with van der Waals surface area (Å²) in [5, 5.41) is 22.2. The average molecular weight is 1220 g/mol. The number of fused-ring (bicyclic) bond motifs is 3. The minimum Gasteiger partial charge on any atom is -0.480 e. The number of aliphatic hydroxyl groups is 1. The average Bonchev–Trinajstić information content (AvgIpc) is 3.37. The van der Waals surface area contributed by atoms with Gasteiger partial charge in [0.25, 0.3) is 0 Å². The van der Waals surface area contributed by atoms with E-state index in [-0.39, 0.29) is 44.6 Å². The first-order chi connectivity index (χ1) is 22.4. The van der Waals surface area contributed by atoms with Crippen molar-refractivity contribution in [2.24, 2.45) is 0 Å². The fourth-order valence-corrected chi connectivity index (χ4v) is 5.55. The van der Waals surface area contributed by atoms with Gasteiger partial charge < -0.3 is 40.1 Å². The fourth-order valence-electron chi connectivity index (χ4n) is 4.72. The molecule has 278 valence electrons. The normalized spacial score (nSPS) is 12.1. The molecule has 1 aliphatic carbocycles. The number of benzene rings is 3. The number of aliphatic carboxylic acids is 1. The van der Waals surface area contributed by atoms with E-state index in [0.29, 0.717) is 13.0 Å². The molecule has 0 bridgehead atoms. The maximum atomic E-state index is 12.3. The number of phosphoric ester groups is 1. The summed E-state index contributed by atoms with van der Waals surface area (Å²) in [6, 6.07) is 20.3. The van der Waals surface area contributed by atoms with Crippen molar-refractivity contribution in [1.29, 1.82) is 0 Å². The Balaban J connectivity index is 0.000000568. The molecule has 0 saturated heterocycles. The number of carbonyl (C=O) groups is 3. The van der Waals surface area contributed by atoms with Gasteiger partial charge in [-0.05, 0) is 45.9 Å². The van der Waals surface area contributed by atoms with Crippen LogP contribution in [0.2, 0.25) is 0 Å². The monoisotopic (exact) mass is 1220 g/mol. The molecule has 0 aliphatic heterocycles. The maximum absolute atomic E-state index is 12.3. The number of ether oxygens (including phenoxy) is 2. The minimum atomic E-state index is -4.60. The molecule has 3 aromatic rings. The number of aliphatic hydroxyl groups excluding tert-OH is 1. The van der Waals surface area contributed by atoms with Gasteiger partial charge in [0, 0.05) is 23.1 Å². The topological polar surface area (TPSA) is 201 Å². The van der Waals surface area contributed by atoms with E-state index in [1.165, 1.54) is 0 Å². The first-order valence-electron chi connectivity index (χ1n) is 14.3. The van der Waals surface area contributed by atoms with Crippen molar-refractivity contribution in [2.45, 2.75) is 29.9 Å². The van der Waals surface area contributed by atoms with E-state index >= 15 is 0 Å². The van der Waals surface area contributed by atoms with Crippen LogP contribution in [-0.4, -0.2) is 82.7 Å². The van der Waals surface area contributed by atoms with E-state index < -0.39 is 31.8 Å². The molecular weight excluding hydrogens is 1190 g/mol. The second kappa shape index (κ2) is 20.1. The Morgan fingerprint density at radius 2 is 1.55 bits per heavy atom. The Kier molecular flexibility index (Phi) is 17.1. The molecular formula is C31H37Fm2N2O11PS2. The number of rotatable bonds is 15. The van der Waals surface area contributed by atoms with Gasteiger partial charge in [-0.25, -0.2) is 14.2 Å². The Hall–Kier alpha value is -5.40. The molecule has 3 aromatic carbocycles. The number of amides is 2. The first-order valence-corrected chi connectivity index (χ1v) is 17.0. The van der Waals surface area contributed by atoms with E-state index in [0.717, 1.165) is 38.3 Å². The van der Waals surface area contributed by atoms with Gasteiger partial charge in [-0.1, -0.05) is 60.7 Å². The Morgan fingerprint density at radius 1 is 0.939 bits per heavy atom. The molecule has 13 nitrogen and oxygen atoms in total. The van der Waals surface area contributed by atoms with Gasteiger partial charge in [0.1, 0.15) is 19.3 Å². The Bertz CT molecular complexity index is 1540. The van der Waals surface area contributed by atoms with Crippen LogP contribution in [-0.2, 0) is 41.2 Å². The molecule has 0 heterocycles. The van der Waals surface area contributed by atoms with Crippen LogP contribution in [0.15, 0.2) is 71.6 Å². The summed E-state index contributed by atoms with van der Waals surface area (Å²) in [5.74, 6) is -1.64. The van der Waals surface area contributed by atoms with Gasteiger partial charge in [0.2, 0.25) is 5.91 Å². The van der Waals surface area contributed by atoms with E-state index in [2.05, 4.69) is 40.4 Å². The number of hydrogen-bond donors (Lipinski definition) is 8. The number of phosphoric acid groups is 1. The van der Waals surface area contributed by atoms with E-state index in [1.807, 2.05) is 54.6 Å². The summed E-state index contributed by atoms with van der Waals surface area (Å²) >= 11 is 8.34. The predicted octanol–water partition coefficient (Wildman–Crippen LogP) is 3.16. The second-order valence-corrected chi connectivity index (χ2v) is 12.2. The first kappa shape index (κ1) is 41.6. The number of carbonyl (C=O) groups excluding carboxylic acids is 2. The number of hydrogen-bond acceptors (Lipinski definition) is 10. The summed E-state index contributed by atoms with van der Waals surface area (Å²) < 4.78 is 25.2. The van der Waals surface area contributed by atoms with Crippen LogP contribution in [0.1, 0.15) is 28.2 Å². The zero-order valence-corrected chi connectivity index (χ0v) is 33.2. The zero-order valence-electron chi connectivity index (χ0n) is 25.7. The van der Waals surface area contributed by atoms with Gasteiger partial charge in [-0.2, -0.15) is 12.6 Å². The maximum Gasteiger partial charge on any atom is 0.469 e. The van der Waals surface area contributed by atoms with Gasteiger partial charge in [0.15, 0.2) is 0 Å². The minimum absolute atomic E-state index is 0. The van der Waals surface area contributed by atoms with Crippen LogP contribution in [0.5, 0.6) is 0 Å². The fraction of sp³-hybridized carbons (Fsp3) is 0.323. The summed E-state index contributed by atoms with van der Waals surface area (Å²) in [6.07, 6.45) is -0.178. The third-order valence-corrected chi connectivity index (χ3v) is 8.18. The van der Waals surface area contributed by atoms with Crippen molar-refractivity contribution in [3.05, 3.63) is 89.0 Å². The summed E-state index contributed by atoms with van der Waals surface area (Å²) in [6.45, 7) is -0.384. The number of carboxylic acid groups (broad SMARTS) is 1. The summed E-state index contributed by atoms with van der Waals surface area (Å²) in [5.41, 5.74) is 6.12. The molecule has 0 radical (unpaired) electrons. The zero-order chi connectivity index (χ0) is 34.4. The third kappa shape index (κ3) is 13.0. The smallest absolute Gasteiger partial charge is 0.469 e. The molecule has 4 rings (SSSR count). The number of thiol groups is 2. The largest absolute Gasteiger partial charge is 0.480 e. The molecule has 2 amide bonds. The van der Waals surface area contributed by atoms with E-state index in [9.17, 15) is 18.9 Å². The number of alkyl carbamates (subject to hydrolysis) is 1. The van der Waals surface area contributed by atoms with Crippen LogP contribution < -0.4 is 10.6 Å². The van der Waals surface area contributed by atoms with E-state index in [4.69, 9.17) is 29.5 Å². The third-order valence-electron chi connectivity index (χ3n) is 6.86. The van der Waals surface area contributed by atoms with Gasteiger partial charge in [-0.15, -0.1) is 12.6 Å². The predicted molar refractivity (Wildman–Crippen MR) is 179 cm³/mol. The number of carboxylic acids is 1. The van der Waals surface area contributed by atoms with Crippen molar-refractivity contribution >= 4 is 51.1 Å². The molecule has 0 aromatic heterocycles. The molecule has 6 N–H and O–H groups in total. The molecule has 0 spiro atoms. The Morgan fingerprint density at radius 3 is 2.10 bits per heavy atom. The van der Waals surface area contributed by atoms with E-state index in [1.54, 1.807) is 12.1 Å². The van der Waals surface area contributed by atoms with Crippen LogP contribution in [0.4, 0.5) is 4.79 Å². The van der Waals surface area contributed by atoms with Gasteiger partial charge in [-0.3, -0.25) is 9.32 Å². The van der Waals surface area contributed by atoms with Crippen molar-refractivity contribution in [3.8, 4) is 11.1 Å². The molecule has 1 atom stereocenters. The van der Waals surface area contributed by atoms with Gasteiger partial charge in [0.05, 0.1) is 19.8 Å². The van der Waals surface area contributed by atoms with Crippen molar-refractivity contribution in [1.82, 2.24) is 10.6 Å². The van der Waals surface area contributed by atoms with Gasteiger partial charge >= 0.3 is 19.9 Å². The molecule has 18 heteroatoms. The van der Waals surface area contributed by atoms with Crippen molar-refractivity contribution in [3.63, 3.8) is 0 Å². The molecule has 49 heavy (non-hydrogen) atoms. The van der Waals surface area contributed by atoms with Crippen LogP contribution >= 0.6 is 33.1 Å². The quantitative estimate of drug-likeness (QED) is 0.0632. The SMILES string of the molecule is O=C(NC(CS)C(=O)NCCOP(=O)(O)O)OCC1c2ccccc2-c2ccccc21.O=C(O)COCCc1cc(CO)ccc1S.[Fm].[Fm]. The number of nitrogens with one attached hydrogen (secondary N) is 2. The molecule has 1 aliphatic rings. The Labute approximate surface area is 282 Å². The van der Waals surface area contributed by atoms with Crippen LogP contribution in [0.3, 0.4) is 0 Å².